The molecule has 8 aromatic rings. The maximum Gasteiger partial charge on any atom is 0.419 e. The van der Waals surface area contributed by atoms with Gasteiger partial charge in [0.15, 0.2) is 9.84 Å². The lowest BCUT2D eigenvalue weighted by Crippen LogP contribution is -2.27. The molecule has 0 saturated heterocycles. The lowest BCUT2D eigenvalue weighted by Gasteiger charge is -2.21. The van der Waals surface area contributed by atoms with Crippen LogP contribution in [-0.2, 0) is 31.7 Å². The molecule has 6 heterocycles. The number of nitrogens with zero attached hydrogens (tertiary/aromatic N) is 6. The predicted octanol–water partition coefficient (Wildman–Crippen LogP) is 14.3. The Morgan fingerprint density at radius 1 is 0.614 bits per heavy atom. The highest BCUT2D eigenvalue weighted by atomic mass is 35.5. The molecule has 2 aromatic carbocycles. The van der Waals surface area contributed by atoms with Crippen molar-refractivity contribution < 1.29 is 53.8 Å². The fourth-order valence-electron chi connectivity index (χ4n) is 7.10. The summed E-state index contributed by atoms with van der Waals surface area (Å²) in [5.41, 5.74) is -2.31. The van der Waals surface area contributed by atoms with Crippen molar-refractivity contribution in [2.75, 3.05) is 11.5 Å². The number of thioether (sulfide) groups is 1. The van der Waals surface area contributed by atoms with Gasteiger partial charge in [-0.2, -0.15) is 26.3 Å². The van der Waals surface area contributed by atoms with Crippen LogP contribution in [0.2, 0.25) is 10.0 Å². The number of hydrogen-bond acceptors (Lipinski definition) is 11. The Bertz CT molecular complexity index is 3490. The first kappa shape index (κ1) is 51.9. The number of benzene rings is 2. The van der Waals surface area contributed by atoms with Gasteiger partial charge >= 0.3 is 24.5 Å². The lowest BCUT2D eigenvalue weighted by molar-refractivity contribution is -0.138. The summed E-state index contributed by atoms with van der Waals surface area (Å²) >= 11 is 13.7. The minimum Gasteiger partial charge on any atom is -0.443 e. The molecule has 0 saturated carbocycles. The van der Waals surface area contributed by atoms with Crippen molar-refractivity contribution in [3.8, 4) is 22.8 Å². The molecule has 12 nitrogen and oxygen atoms in total. The second-order valence-corrected chi connectivity index (χ2v) is 22.0. The van der Waals surface area contributed by atoms with Gasteiger partial charge in [0.1, 0.15) is 22.6 Å². The molecule has 0 spiro atoms. The molecule has 6 aromatic heterocycles. The van der Waals surface area contributed by atoms with Crippen LogP contribution in [0.15, 0.2) is 95.0 Å². The molecule has 0 bridgehead atoms. The summed E-state index contributed by atoms with van der Waals surface area (Å²) in [6.45, 7) is 13.3. The Morgan fingerprint density at radius 3 is 1.46 bits per heavy atom. The third kappa shape index (κ3) is 11.1. The van der Waals surface area contributed by atoms with Crippen LogP contribution in [0.25, 0.3) is 66.6 Å². The Morgan fingerprint density at radius 2 is 1.04 bits per heavy atom. The van der Waals surface area contributed by atoms with Crippen LogP contribution in [0, 0.1) is 0 Å². The third-order valence-corrected chi connectivity index (χ3v) is 13.2. The maximum atomic E-state index is 13.5. The number of aromatic nitrogens is 6. The van der Waals surface area contributed by atoms with Crippen LogP contribution in [0.5, 0.6) is 0 Å². The molecular formula is C48H42Cl2F6N6O6S2. The second-order valence-electron chi connectivity index (χ2n) is 17.6. The highest BCUT2D eigenvalue weighted by Gasteiger charge is 2.35. The van der Waals surface area contributed by atoms with E-state index in [-0.39, 0.29) is 44.1 Å². The zero-order valence-electron chi connectivity index (χ0n) is 38.5. The first-order chi connectivity index (χ1) is 32.5. The van der Waals surface area contributed by atoms with Crippen molar-refractivity contribution in [2.24, 2.45) is 0 Å². The Hall–Kier alpha value is -5.96. The molecule has 0 aliphatic rings. The number of alkyl halides is 6. The van der Waals surface area contributed by atoms with Gasteiger partial charge in [-0.15, -0.1) is 11.8 Å². The number of sulfone groups is 1. The number of pyridine rings is 4. The molecule has 0 N–H and O–H groups in total. The number of halogens is 8. The summed E-state index contributed by atoms with van der Waals surface area (Å²) < 4.78 is 120. The highest BCUT2D eigenvalue weighted by molar-refractivity contribution is 7.99. The summed E-state index contributed by atoms with van der Waals surface area (Å²) in [6, 6.07) is 17.8. The summed E-state index contributed by atoms with van der Waals surface area (Å²) in [4.78, 5) is 44.2. The standard InChI is InChI=1S/C24H21ClF3N3O4S.C24H21ClF3N3O2S/c1-5-36(33,34)20-9-13-8-15(25)6-7-16(13)30-21(20)19-11-17-18(10-14(12-29-17)24(26,27)28)31(19)22(32)35-23(2,3)4;1-5-34-20-9-13-8-15(25)6-7-16(13)30-21(20)19-11-17-18(10-14(12-29-17)24(26,27)28)31(19)22(32)33-23(2,3)4/h6-12H,5H2,1-4H3;6-12H,5H2,1-4H3. The van der Waals surface area contributed by atoms with Crippen molar-refractivity contribution in [1.82, 2.24) is 29.1 Å². The molecule has 8 rings (SSSR count). The minimum absolute atomic E-state index is 0.00970. The largest absolute Gasteiger partial charge is 0.443 e. The van der Waals surface area contributed by atoms with Crippen LogP contribution in [0.3, 0.4) is 0 Å². The zero-order valence-corrected chi connectivity index (χ0v) is 41.6. The van der Waals surface area contributed by atoms with Crippen LogP contribution in [-0.4, -0.2) is 72.4 Å². The topological polar surface area (TPSA) is 148 Å². The quantitative estimate of drug-likeness (QED) is 0.116. The zero-order chi connectivity index (χ0) is 51.5. The molecule has 0 aliphatic carbocycles. The average molecular weight is 1050 g/mol. The molecule has 70 heavy (non-hydrogen) atoms. The van der Waals surface area contributed by atoms with Gasteiger partial charge in [0.25, 0.3) is 0 Å². The maximum absolute atomic E-state index is 13.5. The summed E-state index contributed by atoms with van der Waals surface area (Å²) in [5, 5.41) is 2.17. The van der Waals surface area contributed by atoms with E-state index >= 15 is 0 Å². The summed E-state index contributed by atoms with van der Waals surface area (Å²) in [5.74, 6) is 0.431. The van der Waals surface area contributed by atoms with Crippen LogP contribution < -0.4 is 0 Å². The summed E-state index contributed by atoms with van der Waals surface area (Å²) in [6.07, 6.45) is -9.76. The van der Waals surface area contributed by atoms with Crippen molar-refractivity contribution in [3.05, 3.63) is 106 Å². The van der Waals surface area contributed by atoms with Crippen LogP contribution in [0.4, 0.5) is 35.9 Å². The Kier molecular flexibility index (Phi) is 14.1. The molecule has 0 unspecified atom stereocenters. The van der Waals surface area contributed by atoms with Crippen molar-refractivity contribution in [1.29, 1.82) is 0 Å². The van der Waals surface area contributed by atoms with Crippen molar-refractivity contribution >= 4 is 101 Å². The molecular weight excluding hydrogens is 1010 g/mol. The lowest BCUT2D eigenvalue weighted by atomic mass is 10.1. The van der Waals surface area contributed by atoms with Gasteiger partial charge in [0, 0.05) is 38.1 Å². The van der Waals surface area contributed by atoms with Gasteiger partial charge < -0.3 is 9.47 Å². The molecule has 0 radical (unpaired) electrons. The molecule has 0 aliphatic heterocycles. The molecule has 22 heteroatoms. The molecule has 0 fully saturated rings. The second kappa shape index (κ2) is 19.0. The molecule has 368 valence electrons. The van der Waals surface area contributed by atoms with Crippen LogP contribution in [0.1, 0.15) is 66.5 Å². The van der Waals surface area contributed by atoms with Gasteiger partial charge in [0.05, 0.1) is 66.3 Å². The van der Waals surface area contributed by atoms with Gasteiger partial charge in [-0.1, -0.05) is 37.0 Å². The summed E-state index contributed by atoms with van der Waals surface area (Å²) in [7, 11) is -3.90. The number of fused-ring (bicyclic) bond motifs is 4. The van der Waals surface area contributed by atoms with E-state index in [9.17, 15) is 44.3 Å². The number of carbonyl (C=O) groups is 2. The number of carbonyl (C=O) groups excluding carboxylic acids is 2. The normalized spacial score (nSPS) is 12.7. The van der Waals surface area contributed by atoms with Gasteiger partial charge in [-0.05, 0) is 120 Å². The Labute approximate surface area is 411 Å². The first-order valence-electron chi connectivity index (χ1n) is 21.2. The Balaban J connectivity index is 0.000000207. The highest BCUT2D eigenvalue weighted by Crippen LogP contribution is 2.40. The monoisotopic (exact) mass is 1050 g/mol. The number of hydrogen-bond donors (Lipinski definition) is 0. The molecule has 0 atom stereocenters. The SMILES string of the molecule is CCS(=O)(=O)c1cc2cc(Cl)ccc2nc1-c1cc2ncc(C(F)(F)F)cc2n1C(=O)OC(C)(C)C.CCSc1cc2cc(Cl)ccc2nc1-c1cc2ncc(C(F)(F)F)cc2n1C(=O)OC(C)(C)C. The van der Waals surface area contributed by atoms with Crippen molar-refractivity contribution in [2.45, 2.75) is 88.7 Å². The van der Waals surface area contributed by atoms with E-state index in [1.54, 1.807) is 84.0 Å². The third-order valence-electron chi connectivity index (χ3n) is 10.1. The number of rotatable bonds is 6. The van der Waals surface area contributed by atoms with E-state index < -0.39 is 56.7 Å². The van der Waals surface area contributed by atoms with E-state index in [0.29, 0.717) is 49.8 Å². The predicted molar refractivity (Wildman–Crippen MR) is 258 cm³/mol. The van der Waals surface area contributed by atoms with E-state index in [1.807, 2.05) is 13.0 Å². The molecule has 0 amide bonds. The van der Waals surface area contributed by atoms with E-state index in [4.69, 9.17) is 37.7 Å². The van der Waals surface area contributed by atoms with E-state index in [2.05, 4.69) is 15.0 Å². The van der Waals surface area contributed by atoms with Gasteiger partial charge in [0.2, 0.25) is 0 Å². The average Bonchev–Trinajstić information content (AvgIpc) is 3.83. The van der Waals surface area contributed by atoms with Gasteiger partial charge in [-0.3, -0.25) is 9.97 Å². The van der Waals surface area contributed by atoms with Crippen molar-refractivity contribution in [3.63, 3.8) is 0 Å². The van der Waals surface area contributed by atoms with Crippen LogP contribution >= 0.6 is 35.0 Å². The van der Waals surface area contributed by atoms with E-state index in [0.717, 1.165) is 37.7 Å². The number of ether oxygens (including phenoxy) is 2. The van der Waals surface area contributed by atoms with Gasteiger partial charge in [-0.25, -0.2) is 37.1 Å². The fourth-order valence-corrected chi connectivity index (χ4v) is 9.34. The fraction of sp³-hybridized carbons (Fsp3) is 0.292. The first-order valence-corrected chi connectivity index (χ1v) is 24.6. The minimum atomic E-state index is -4.72. The van der Waals surface area contributed by atoms with E-state index in [1.165, 1.54) is 30.8 Å². The smallest absolute Gasteiger partial charge is 0.419 e.